The number of aliphatic imine (C=N–C) groups is 2. The highest BCUT2D eigenvalue weighted by Crippen LogP contribution is 2.29. The molecule has 0 aliphatic heterocycles. The van der Waals surface area contributed by atoms with Gasteiger partial charge in [-0.25, -0.2) is 14.6 Å². The summed E-state index contributed by atoms with van der Waals surface area (Å²) < 4.78 is 0. The van der Waals surface area contributed by atoms with Crippen molar-refractivity contribution in [3.8, 4) is 0 Å². The molecule has 1 saturated carbocycles. The molecule has 1 aliphatic carbocycles. The van der Waals surface area contributed by atoms with Gasteiger partial charge in [0.15, 0.2) is 0 Å². The molecule has 0 spiro atoms. The molecule has 2 unspecified atom stereocenters. The lowest BCUT2D eigenvalue weighted by molar-refractivity contribution is 0.373. The van der Waals surface area contributed by atoms with Crippen LogP contribution in [0.1, 0.15) is 51.9 Å². The summed E-state index contributed by atoms with van der Waals surface area (Å²) in [4.78, 5) is 28.4. The maximum Gasteiger partial charge on any atom is 0.235 e. The minimum atomic E-state index is -0.317. The summed E-state index contributed by atoms with van der Waals surface area (Å²) in [7, 11) is 0. The van der Waals surface area contributed by atoms with Crippen LogP contribution >= 0.6 is 0 Å². The van der Waals surface area contributed by atoms with E-state index in [1.165, 1.54) is 0 Å². The van der Waals surface area contributed by atoms with Crippen molar-refractivity contribution >= 4 is 12.2 Å². The maximum atomic E-state index is 10.4. The summed E-state index contributed by atoms with van der Waals surface area (Å²) in [6, 6.07) is 0.0526. The van der Waals surface area contributed by atoms with E-state index >= 15 is 0 Å². The van der Waals surface area contributed by atoms with Gasteiger partial charge in [-0.2, -0.15) is 4.99 Å². The largest absolute Gasteiger partial charge is 0.235 e. The van der Waals surface area contributed by atoms with E-state index in [0.717, 1.165) is 44.9 Å². The minimum Gasteiger partial charge on any atom is -0.211 e. The van der Waals surface area contributed by atoms with E-state index in [9.17, 15) is 9.59 Å². The fourth-order valence-electron chi connectivity index (χ4n) is 2.24. The SMILES string of the molecule is CC1(N=C=O)CCCCCC(N=C=O)CC1. The number of hydrogen-bond acceptors (Lipinski definition) is 4. The molecular formula is C12H18N2O2. The van der Waals surface area contributed by atoms with Crippen LogP contribution in [0.15, 0.2) is 9.98 Å². The van der Waals surface area contributed by atoms with Crippen molar-refractivity contribution in [1.29, 1.82) is 0 Å². The summed E-state index contributed by atoms with van der Waals surface area (Å²) in [6.45, 7) is 1.98. The van der Waals surface area contributed by atoms with Gasteiger partial charge in [0.25, 0.3) is 0 Å². The zero-order chi connectivity index (χ0) is 11.9. The van der Waals surface area contributed by atoms with Crippen LogP contribution < -0.4 is 0 Å². The smallest absolute Gasteiger partial charge is 0.211 e. The molecule has 0 heterocycles. The maximum absolute atomic E-state index is 10.4. The molecule has 0 radical (unpaired) electrons. The average Bonchev–Trinajstić information content (AvgIpc) is 2.33. The first-order valence-corrected chi connectivity index (χ1v) is 5.86. The Morgan fingerprint density at radius 2 is 1.88 bits per heavy atom. The molecule has 1 aliphatic rings. The molecule has 0 N–H and O–H groups in total. The van der Waals surface area contributed by atoms with E-state index in [-0.39, 0.29) is 11.6 Å². The van der Waals surface area contributed by atoms with Crippen LogP contribution in [0.2, 0.25) is 0 Å². The molecule has 88 valence electrons. The second kappa shape index (κ2) is 6.37. The van der Waals surface area contributed by atoms with E-state index in [2.05, 4.69) is 9.98 Å². The molecule has 0 bridgehead atoms. The van der Waals surface area contributed by atoms with Crippen LogP contribution in [0.25, 0.3) is 0 Å². The quantitative estimate of drug-likeness (QED) is 0.532. The Balaban J connectivity index is 2.69. The minimum absolute atomic E-state index is 0.0526. The Morgan fingerprint density at radius 3 is 2.56 bits per heavy atom. The fraction of sp³-hybridized carbons (Fsp3) is 0.833. The highest BCUT2D eigenvalue weighted by Gasteiger charge is 2.25. The van der Waals surface area contributed by atoms with Crippen LogP contribution in [0, 0.1) is 0 Å². The Bertz CT molecular complexity index is 317. The van der Waals surface area contributed by atoms with Crippen molar-refractivity contribution in [2.75, 3.05) is 0 Å². The highest BCUT2D eigenvalue weighted by molar-refractivity contribution is 5.35. The molecular weight excluding hydrogens is 204 g/mol. The predicted octanol–water partition coefficient (Wildman–Crippen LogP) is 2.53. The van der Waals surface area contributed by atoms with Crippen LogP contribution in [0.5, 0.6) is 0 Å². The molecule has 0 aromatic rings. The molecule has 4 nitrogen and oxygen atoms in total. The van der Waals surface area contributed by atoms with Crippen LogP contribution in [0.4, 0.5) is 0 Å². The Morgan fingerprint density at radius 1 is 1.06 bits per heavy atom. The summed E-state index contributed by atoms with van der Waals surface area (Å²) in [5.74, 6) is 0. The number of nitrogens with zero attached hydrogens (tertiary/aromatic N) is 2. The molecule has 2 atom stereocenters. The molecule has 0 aromatic carbocycles. The van der Waals surface area contributed by atoms with Crippen molar-refractivity contribution in [3.05, 3.63) is 0 Å². The third-order valence-electron chi connectivity index (χ3n) is 3.32. The summed E-state index contributed by atoms with van der Waals surface area (Å²) >= 11 is 0. The van der Waals surface area contributed by atoms with E-state index in [0.29, 0.717) is 0 Å². The van der Waals surface area contributed by atoms with Crippen molar-refractivity contribution in [2.24, 2.45) is 9.98 Å². The third kappa shape index (κ3) is 4.09. The predicted molar refractivity (Wildman–Crippen MR) is 60.8 cm³/mol. The zero-order valence-electron chi connectivity index (χ0n) is 9.74. The first-order chi connectivity index (χ1) is 7.70. The first-order valence-electron chi connectivity index (χ1n) is 5.86. The van der Waals surface area contributed by atoms with Crippen molar-refractivity contribution < 1.29 is 9.59 Å². The molecule has 0 amide bonds. The van der Waals surface area contributed by atoms with E-state index in [1.54, 1.807) is 12.2 Å². The number of hydrogen-bond donors (Lipinski definition) is 0. The molecule has 1 fully saturated rings. The summed E-state index contributed by atoms with van der Waals surface area (Å²) in [5, 5.41) is 0. The molecule has 0 aromatic heterocycles. The van der Waals surface area contributed by atoms with Gasteiger partial charge < -0.3 is 0 Å². The Labute approximate surface area is 95.9 Å². The third-order valence-corrected chi connectivity index (χ3v) is 3.32. The molecule has 16 heavy (non-hydrogen) atoms. The normalized spacial score (nSPS) is 31.2. The topological polar surface area (TPSA) is 58.9 Å². The first kappa shape index (κ1) is 12.8. The van der Waals surface area contributed by atoms with Gasteiger partial charge in [-0.05, 0) is 32.6 Å². The summed E-state index contributed by atoms with van der Waals surface area (Å²) in [5.41, 5.74) is -0.317. The van der Waals surface area contributed by atoms with Crippen molar-refractivity contribution in [3.63, 3.8) is 0 Å². The van der Waals surface area contributed by atoms with Gasteiger partial charge in [0.1, 0.15) is 0 Å². The van der Waals surface area contributed by atoms with Gasteiger partial charge >= 0.3 is 0 Å². The molecule has 0 saturated heterocycles. The lowest BCUT2D eigenvalue weighted by Gasteiger charge is -2.23. The van der Waals surface area contributed by atoms with Gasteiger partial charge in [-0.3, -0.25) is 0 Å². The monoisotopic (exact) mass is 222 g/mol. The highest BCUT2D eigenvalue weighted by atomic mass is 16.1. The Kier molecular flexibility index (Phi) is 5.10. The van der Waals surface area contributed by atoms with Crippen LogP contribution in [-0.2, 0) is 9.59 Å². The van der Waals surface area contributed by atoms with Gasteiger partial charge in [0, 0.05) is 0 Å². The molecule has 1 rings (SSSR count). The number of carbonyl (C=O) groups excluding carboxylic acids is 2. The second-order valence-corrected chi connectivity index (χ2v) is 4.71. The lowest BCUT2D eigenvalue weighted by Crippen LogP contribution is -2.23. The average molecular weight is 222 g/mol. The van der Waals surface area contributed by atoms with E-state index < -0.39 is 0 Å². The van der Waals surface area contributed by atoms with Gasteiger partial charge in [-0.1, -0.05) is 19.3 Å². The fourth-order valence-corrected chi connectivity index (χ4v) is 2.24. The van der Waals surface area contributed by atoms with E-state index in [4.69, 9.17) is 0 Å². The Hall–Kier alpha value is -1.24. The van der Waals surface area contributed by atoms with Crippen molar-refractivity contribution in [2.45, 2.75) is 63.5 Å². The standard InChI is InChI=1S/C12H18N2O2/c1-12(14-10-16)7-4-2-3-5-11(6-8-12)13-9-15/h11H,2-8H2,1H3. The summed E-state index contributed by atoms with van der Waals surface area (Å²) in [6.07, 6.45) is 10.00. The lowest BCUT2D eigenvalue weighted by atomic mass is 9.90. The van der Waals surface area contributed by atoms with Crippen LogP contribution in [0.3, 0.4) is 0 Å². The van der Waals surface area contributed by atoms with E-state index in [1.807, 2.05) is 6.92 Å². The number of rotatable bonds is 2. The van der Waals surface area contributed by atoms with Gasteiger partial charge in [0.05, 0.1) is 11.6 Å². The second-order valence-electron chi connectivity index (χ2n) is 4.71. The van der Waals surface area contributed by atoms with Gasteiger partial charge in [0.2, 0.25) is 12.2 Å². The number of isocyanates is 2. The van der Waals surface area contributed by atoms with Crippen LogP contribution in [-0.4, -0.2) is 23.7 Å². The van der Waals surface area contributed by atoms with Crippen molar-refractivity contribution in [1.82, 2.24) is 0 Å². The molecule has 4 heteroatoms. The van der Waals surface area contributed by atoms with Gasteiger partial charge in [-0.15, -0.1) is 0 Å². The zero-order valence-corrected chi connectivity index (χ0v) is 9.74.